The van der Waals surface area contributed by atoms with E-state index in [-0.39, 0.29) is 0 Å². The zero-order valence-corrected chi connectivity index (χ0v) is 16.7. The van der Waals surface area contributed by atoms with E-state index in [0.717, 1.165) is 16.9 Å². The maximum absolute atomic E-state index is 6.03. The van der Waals surface area contributed by atoms with E-state index in [0.29, 0.717) is 46.2 Å². The molecule has 0 aliphatic rings. The summed E-state index contributed by atoms with van der Waals surface area (Å²) >= 11 is 0. The first-order valence-corrected chi connectivity index (χ1v) is 9.13. The molecular formula is C21H30O6. The predicted octanol–water partition coefficient (Wildman–Crippen LogP) is 3.59. The smallest absolute Gasteiger partial charge is 0.128 e. The second kappa shape index (κ2) is 11.9. The van der Waals surface area contributed by atoms with Crippen LogP contribution < -0.4 is 4.74 Å². The van der Waals surface area contributed by atoms with Crippen LogP contribution in [-0.2, 0) is 30.6 Å². The Hall–Kier alpha value is -1.70. The molecule has 27 heavy (non-hydrogen) atoms. The molecule has 0 aliphatic carbocycles. The lowest BCUT2D eigenvalue weighted by Crippen LogP contribution is -2.13. The Morgan fingerprint density at radius 2 is 1.52 bits per heavy atom. The lowest BCUT2D eigenvalue weighted by Gasteiger charge is -2.17. The fourth-order valence-electron chi connectivity index (χ4n) is 2.86. The topological polar surface area (TPSA) is 55.4 Å². The van der Waals surface area contributed by atoms with Crippen LogP contribution in [0, 0.1) is 13.8 Å². The summed E-state index contributed by atoms with van der Waals surface area (Å²) in [6.45, 7) is 7.66. The molecule has 6 heteroatoms. The van der Waals surface area contributed by atoms with E-state index in [1.165, 1.54) is 23.4 Å². The average Bonchev–Trinajstić information content (AvgIpc) is 2.66. The van der Waals surface area contributed by atoms with Crippen LogP contribution in [0.25, 0.3) is 10.8 Å². The van der Waals surface area contributed by atoms with Crippen molar-refractivity contribution in [3.8, 4) is 5.75 Å². The fraction of sp³-hybridized carbons (Fsp3) is 0.524. The minimum absolute atomic E-state index is 0.324. The molecule has 0 aliphatic heterocycles. The molecule has 0 bridgehead atoms. The first-order valence-electron chi connectivity index (χ1n) is 9.13. The van der Waals surface area contributed by atoms with Crippen LogP contribution in [0.1, 0.15) is 16.7 Å². The largest absolute Gasteiger partial charge is 0.491 e. The third-order valence-electron chi connectivity index (χ3n) is 4.18. The summed E-state index contributed by atoms with van der Waals surface area (Å²) in [5.41, 5.74) is 3.26. The van der Waals surface area contributed by atoms with Crippen molar-refractivity contribution in [2.24, 2.45) is 0 Å². The second-order valence-electron chi connectivity index (χ2n) is 6.21. The first-order chi connectivity index (χ1) is 13.2. The van der Waals surface area contributed by atoms with E-state index in [4.69, 9.17) is 28.7 Å². The van der Waals surface area contributed by atoms with Crippen molar-refractivity contribution in [3.63, 3.8) is 0 Å². The number of methoxy groups -OCH3 is 1. The molecule has 2 rings (SSSR count). The van der Waals surface area contributed by atoms with Gasteiger partial charge < -0.3 is 18.9 Å². The van der Waals surface area contributed by atoms with Crippen LogP contribution in [0.4, 0.5) is 0 Å². The van der Waals surface area contributed by atoms with Crippen LogP contribution >= 0.6 is 0 Å². The Morgan fingerprint density at radius 3 is 2.22 bits per heavy atom. The summed E-state index contributed by atoms with van der Waals surface area (Å²) in [5, 5.41) is 2.34. The highest BCUT2D eigenvalue weighted by Gasteiger charge is 2.13. The third-order valence-corrected chi connectivity index (χ3v) is 4.18. The van der Waals surface area contributed by atoms with E-state index >= 15 is 0 Å². The second-order valence-corrected chi connectivity index (χ2v) is 6.21. The van der Waals surface area contributed by atoms with Crippen molar-refractivity contribution >= 4 is 10.8 Å². The molecular weight excluding hydrogens is 348 g/mol. The van der Waals surface area contributed by atoms with Crippen molar-refractivity contribution in [2.75, 3.05) is 53.9 Å². The van der Waals surface area contributed by atoms with E-state index in [2.05, 4.69) is 38.1 Å². The summed E-state index contributed by atoms with van der Waals surface area (Å²) in [4.78, 5) is 9.92. The molecule has 0 heterocycles. The predicted molar refractivity (Wildman–Crippen MR) is 104 cm³/mol. The zero-order valence-electron chi connectivity index (χ0n) is 16.7. The van der Waals surface area contributed by atoms with Gasteiger partial charge in [0.25, 0.3) is 0 Å². The SMILES string of the molecule is COCCOCCOCCOc1c(COOC)cc2cc(C)ccc2c1C. The number of hydrogen-bond donors (Lipinski definition) is 0. The quantitative estimate of drug-likeness (QED) is 0.302. The summed E-state index contributed by atoms with van der Waals surface area (Å²) in [7, 11) is 3.15. The average molecular weight is 378 g/mol. The fourth-order valence-corrected chi connectivity index (χ4v) is 2.86. The number of aryl methyl sites for hydroxylation is 2. The Kier molecular flexibility index (Phi) is 9.52. The van der Waals surface area contributed by atoms with Gasteiger partial charge in [0.15, 0.2) is 0 Å². The highest BCUT2D eigenvalue weighted by molar-refractivity contribution is 5.89. The minimum Gasteiger partial charge on any atom is -0.491 e. The van der Waals surface area contributed by atoms with Gasteiger partial charge >= 0.3 is 0 Å². The van der Waals surface area contributed by atoms with Gasteiger partial charge in [0.1, 0.15) is 19.0 Å². The molecule has 2 aromatic carbocycles. The third kappa shape index (κ3) is 6.75. The van der Waals surface area contributed by atoms with Crippen molar-refractivity contribution in [3.05, 3.63) is 41.0 Å². The van der Waals surface area contributed by atoms with Gasteiger partial charge in [-0.3, -0.25) is 0 Å². The molecule has 150 valence electrons. The Labute approximate surface area is 161 Å². The summed E-state index contributed by atoms with van der Waals surface area (Å²) in [6, 6.07) is 8.49. The van der Waals surface area contributed by atoms with Crippen LogP contribution in [0.15, 0.2) is 24.3 Å². The van der Waals surface area contributed by atoms with Crippen LogP contribution in [0.2, 0.25) is 0 Å². The molecule has 0 radical (unpaired) electrons. The zero-order chi connectivity index (χ0) is 19.5. The molecule has 0 fully saturated rings. The van der Waals surface area contributed by atoms with Crippen molar-refractivity contribution in [1.29, 1.82) is 0 Å². The molecule has 0 saturated heterocycles. The van der Waals surface area contributed by atoms with Gasteiger partial charge in [0.2, 0.25) is 0 Å². The maximum atomic E-state index is 6.03. The van der Waals surface area contributed by atoms with Gasteiger partial charge in [0.05, 0.1) is 40.1 Å². The van der Waals surface area contributed by atoms with Crippen molar-refractivity contribution < 1.29 is 28.7 Å². The van der Waals surface area contributed by atoms with Gasteiger partial charge in [-0.05, 0) is 36.2 Å². The Balaban J connectivity index is 1.94. The van der Waals surface area contributed by atoms with E-state index in [1.54, 1.807) is 7.11 Å². The van der Waals surface area contributed by atoms with Crippen LogP contribution in [0.3, 0.4) is 0 Å². The number of benzene rings is 2. The summed E-state index contributed by atoms with van der Waals surface area (Å²) in [5.74, 6) is 0.823. The molecule has 0 saturated carbocycles. The lowest BCUT2D eigenvalue weighted by molar-refractivity contribution is -0.282. The minimum atomic E-state index is 0.324. The van der Waals surface area contributed by atoms with Crippen LogP contribution in [-0.4, -0.2) is 53.9 Å². The molecule has 0 amide bonds. The van der Waals surface area contributed by atoms with Gasteiger partial charge in [-0.25, -0.2) is 9.78 Å². The van der Waals surface area contributed by atoms with E-state index in [1.807, 2.05) is 0 Å². The maximum Gasteiger partial charge on any atom is 0.128 e. The summed E-state index contributed by atoms with van der Waals surface area (Å²) in [6.07, 6.45) is 0. The molecule has 0 unspecified atom stereocenters. The normalized spacial score (nSPS) is 11.3. The molecule has 0 aromatic heterocycles. The molecule has 2 aromatic rings. The summed E-state index contributed by atoms with van der Waals surface area (Å²) < 4.78 is 21.9. The van der Waals surface area contributed by atoms with Gasteiger partial charge in [-0.2, -0.15) is 0 Å². The molecule has 0 spiro atoms. The molecule has 0 N–H and O–H groups in total. The lowest BCUT2D eigenvalue weighted by atomic mass is 9.99. The molecule has 6 nitrogen and oxygen atoms in total. The van der Waals surface area contributed by atoms with Crippen LogP contribution in [0.5, 0.6) is 5.75 Å². The Bertz CT molecular complexity index is 701. The van der Waals surface area contributed by atoms with Crippen molar-refractivity contribution in [1.82, 2.24) is 0 Å². The van der Waals surface area contributed by atoms with E-state index < -0.39 is 0 Å². The Morgan fingerprint density at radius 1 is 0.815 bits per heavy atom. The monoisotopic (exact) mass is 378 g/mol. The van der Waals surface area contributed by atoms with E-state index in [9.17, 15) is 0 Å². The molecule has 0 atom stereocenters. The number of rotatable bonds is 13. The number of fused-ring (bicyclic) bond motifs is 1. The standard InChI is InChI=1S/C21H30O6/c1-16-5-6-20-17(2)21(19(15-27-23-4)14-18(20)13-16)26-12-11-25-10-9-24-8-7-22-3/h5-6,13-14H,7-12,15H2,1-4H3. The first kappa shape index (κ1) is 21.6. The van der Waals surface area contributed by atoms with Gasteiger partial charge in [0, 0.05) is 12.7 Å². The number of ether oxygens (including phenoxy) is 4. The van der Waals surface area contributed by atoms with Gasteiger partial charge in [-0.15, -0.1) is 0 Å². The highest BCUT2D eigenvalue weighted by atomic mass is 17.2. The highest BCUT2D eigenvalue weighted by Crippen LogP contribution is 2.32. The van der Waals surface area contributed by atoms with Crippen molar-refractivity contribution in [2.45, 2.75) is 20.5 Å². The number of hydrogen-bond acceptors (Lipinski definition) is 6. The van der Waals surface area contributed by atoms with Gasteiger partial charge in [-0.1, -0.05) is 23.8 Å².